The van der Waals surface area contributed by atoms with Gasteiger partial charge in [-0.3, -0.25) is 9.78 Å². The topological polar surface area (TPSA) is 74.0 Å². The average Bonchev–Trinajstić information content (AvgIpc) is 2.18. The van der Waals surface area contributed by atoms with E-state index in [9.17, 15) is 4.79 Å². The van der Waals surface area contributed by atoms with Crippen LogP contribution in [0.2, 0.25) is 0 Å². The highest BCUT2D eigenvalue weighted by molar-refractivity contribution is 5.66. The largest absolute Gasteiger partial charge is 0.481 e. The number of pyridine rings is 1. The third kappa shape index (κ3) is 3.23. The van der Waals surface area contributed by atoms with E-state index < -0.39 is 5.97 Å². The molecule has 0 atom stereocenters. The summed E-state index contributed by atoms with van der Waals surface area (Å²) in [6.07, 6.45) is 2.87. The zero-order valence-corrected chi connectivity index (χ0v) is 7.60. The molecule has 0 saturated carbocycles. The summed E-state index contributed by atoms with van der Waals surface area (Å²) in [4.78, 5) is 14.3. The number of aryl methyl sites for hydroxylation is 1. The standard InChI is InChI=1S/C10H10N2O2/c11-6-8-4-5-9(12-7-8)2-1-3-10(13)14/h4-5,7H,1-3H2,(H,13,14). The van der Waals surface area contributed by atoms with Gasteiger partial charge in [0.05, 0.1) is 5.56 Å². The van der Waals surface area contributed by atoms with Crippen molar-refractivity contribution in [1.82, 2.24) is 4.98 Å². The molecule has 1 aromatic heterocycles. The summed E-state index contributed by atoms with van der Waals surface area (Å²) in [5, 5.41) is 16.9. The lowest BCUT2D eigenvalue weighted by atomic mass is 10.1. The van der Waals surface area contributed by atoms with Crippen LogP contribution in [0.25, 0.3) is 0 Å². The van der Waals surface area contributed by atoms with Crippen LogP contribution in [0, 0.1) is 11.3 Å². The van der Waals surface area contributed by atoms with Gasteiger partial charge in [0, 0.05) is 18.3 Å². The molecule has 0 fully saturated rings. The van der Waals surface area contributed by atoms with Gasteiger partial charge >= 0.3 is 5.97 Å². The molecule has 0 radical (unpaired) electrons. The van der Waals surface area contributed by atoms with Gasteiger partial charge in [0.2, 0.25) is 0 Å². The molecule has 1 N–H and O–H groups in total. The monoisotopic (exact) mass is 190 g/mol. The molecule has 1 rings (SSSR count). The van der Waals surface area contributed by atoms with Crippen LogP contribution in [0.4, 0.5) is 0 Å². The third-order valence-corrected chi connectivity index (χ3v) is 1.78. The smallest absolute Gasteiger partial charge is 0.303 e. The van der Waals surface area contributed by atoms with E-state index in [1.54, 1.807) is 12.1 Å². The minimum absolute atomic E-state index is 0.154. The van der Waals surface area contributed by atoms with E-state index >= 15 is 0 Å². The second kappa shape index (κ2) is 4.97. The zero-order valence-electron chi connectivity index (χ0n) is 7.60. The summed E-state index contributed by atoms with van der Waals surface area (Å²) < 4.78 is 0. The minimum atomic E-state index is -0.793. The molecule has 0 saturated heterocycles. The summed E-state index contributed by atoms with van der Waals surface area (Å²) in [6, 6.07) is 5.41. The van der Waals surface area contributed by atoms with Crippen molar-refractivity contribution in [2.45, 2.75) is 19.3 Å². The van der Waals surface area contributed by atoms with Crippen LogP contribution in [0.5, 0.6) is 0 Å². The van der Waals surface area contributed by atoms with E-state index in [1.807, 2.05) is 6.07 Å². The number of hydrogen-bond acceptors (Lipinski definition) is 3. The van der Waals surface area contributed by atoms with Gasteiger partial charge < -0.3 is 5.11 Å². The molecular formula is C10H10N2O2. The molecule has 0 aliphatic carbocycles. The number of aliphatic carboxylic acids is 1. The molecule has 0 bridgehead atoms. The molecule has 4 nitrogen and oxygen atoms in total. The molecule has 14 heavy (non-hydrogen) atoms. The fourth-order valence-electron chi connectivity index (χ4n) is 1.06. The number of nitriles is 1. The fraction of sp³-hybridized carbons (Fsp3) is 0.300. The Morgan fingerprint density at radius 1 is 1.57 bits per heavy atom. The van der Waals surface area contributed by atoms with Gasteiger partial charge in [0.15, 0.2) is 0 Å². The predicted molar refractivity (Wildman–Crippen MR) is 49.5 cm³/mol. The van der Waals surface area contributed by atoms with Crippen LogP contribution >= 0.6 is 0 Å². The van der Waals surface area contributed by atoms with E-state index in [2.05, 4.69) is 4.98 Å². The Balaban J connectivity index is 2.45. The van der Waals surface area contributed by atoms with Gasteiger partial charge in [-0.05, 0) is 25.0 Å². The molecule has 0 aliphatic rings. The van der Waals surface area contributed by atoms with Crippen LogP contribution in [0.3, 0.4) is 0 Å². The minimum Gasteiger partial charge on any atom is -0.481 e. The van der Waals surface area contributed by atoms with E-state index in [0.29, 0.717) is 18.4 Å². The van der Waals surface area contributed by atoms with Gasteiger partial charge in [-0.25, -0.2) is 0 Å². The summed E-state index contributed by atoms with van der Waals surface area (Å²) in [5.74, 6) is -0.793. The van der Waals surface area contributed by atoms with Crippen LogP contribution in [-0.4, -0.2) is 16.1 Å². The highest BCUT2D eigenvalue weighted by Crippen LogP contribution is 2.03. The van der Waals surface area contributed by atoms with E-state index in [-0.39, 0.29) is 6.42 Å². The predicted octanol–water partition coefficient (Wildman–Crippen LogP) is 1.36. The fourth-order valence-corrected chi connectivity index (χ4v) is 1.06. The van der Waals surface area contributed by atoms with Gasteiger partial charge in [0.25, 0.3) is 0 Å². The Morgan fingerprint density at radius 3 is 2.86 bits per heavy atom. The van der Waals surface area contributed by atoms with Crippen LogP contribution < -0.4 is 0 Å². The maximum absolute atomic E-state index is 10.2. The molecule has 0 spiro atoms. The van der Waals surface area contributed by atoms with Crippen LogP contribution in [-0.2, 0) is 11.2 Å². The normalized spacial score (nSPS) is 9.36. The summed E-state index contributed by atoms with van der Waals surface area (Å²) in [7, 11) is 0. The number of aromatic nitrogens is 1. The van der Waals surface area contributed by atoms with Crippen LogP contribution in [0.15, 0.2) is 18.3 Å². The Labute approximate surface area is 81.8 Å². The maximum atomic E-state index is 10.2. The maximum Gasteiger partial charge on any atom is 0.303 e. The van der Waals surface area contributed by atoms with Crippen molar-refractivity contribution in [3.05, 3.63) is 29.6 Å². The third-order valence-electron chi connectivity index (χ3n) is 1.78. The lowest BCUT2D eigenvalue weighted by molar-refractivity contribution is -0.137. The number of nitrogens with zero attached hydrogens (tertiary/aromatic N) is 2. The molecule has 0 aliphatic heterocycles. The van der Waals surface area contributed by atoms with Gasteiger partial charge in [-0.15, -0.1) is 0 Å². The quantitative estimate of drug-likeness (QED) is 0.777. The number of carbonyl (C=O) groups is 1. The van der Waals surface area contributed by atoms with E-state index in [0.717, 1.165) is 5.69 Å². The van der Waals surface area contributed by atoms with Crippen molar-refractivity contribution in [2.24, 2.45) is 0 Å². The first kappa shape index (κ1) is 10.2. The molecule has 0 aromatic carbocycles. The van der Waals surface area contributed by atoms with Crippen molar-refractivity contribution in [3.8, 4) is 6.07 Å². The molecule has 4 heteroatoms. The average molecular weight is 190 g/mol. The number of carboxylic acid groups (broad SMARTS) is 1. The molecule has 1 aromatic rings. The van der Waals surface area contributed by atoms with Crippen molar-refractivity contribution < 1.29 is 9.90 Å². The Bertz CT molecular complexity index is 351. The first-order valence-electron chi connectivity index (χ1n) is 4.29. The van der Waals surface area contributed by atoms with Crippen molar-refractivity contribution in [1.29, 1.82) is 5.26 Å². The van der Waals surface area contributed by atoms with E-state index in [1.165, 1.54) is 6.20 Å². The molecule has 0 unspecified atom stereocenters. The molecule has 1 heterocycles. The second-order valence-corrected chi connectivity index (χ2v) is 2.90. The van der Waals surface area contributed by atoms with Crippen molar-refractivity contribution >= 4 is 5.97 Å². The highest BCUT2D eigenvalue weighted by atomic mass is 16.4. The molecular weight excluding hydrogens is 180 g/mol. The number of rotatable bonds is 4. The SMILES string of the molecule is N#Cc1ccc(CCCC(=O)O)nc1. The number of hydrogen-bond donors (Lipinski definition) is 1. The lowest BCUT2D eigenvalue weighted by Crippen LogP contribution is -1.97. The number of carboxylic acids is 1. The van der Waals surface area contributed by atoms with Gasteiger partial charge in [-0.1, -0.05) is 0 Å². The van der Waals surface area contributed by atoms with Crippen LogP contribution in [0.1, 0.15) is 24.1 Å². The zero-order chi connectivity index (χ0) is 10.4. The van der Waals surface area contributed by atoms with Crippen molar-refractivity contribution in [3.63, 3.8) is 0 Å². The first-order valence-corrected chi connectivity index (χ1v) is 4.29. The Kier molecular flexibility index (Phi) is 3.62. The molecule has 0 amide bonds. The Hall–Kier alpha value is -1.89. The molecule has 72 valence electrons. The summed E-state index contributed by atoms with van der Waals surface area (Å²) >= 11 is 0. The lowest BCUT2D eigenvalue weighted by Gasteiger charge is -1.97. The summed E-state index contributed by atoms with van der Waals surface area (Å²) in [6.45, 7) is 0. The highest BCUT2D eigenvalue weighted by Gasteiger charge is 1.99. The van der Waals surface area contributed by atoms with Gasteiger partial charge in [0.1, 0.15) is 6.07 Å². The van der Waals surface area contributed by atoms with E-state index in [4.69, 9.17) is 10.4 Å². The van der Waals surface area contributed by atoms with Crippen molar-refractivity contribution in [2.75, 3.05) is 0 Å². The Morgan fingerprint density at radius 2 is 2.36 bits per heavy atom. The second-order valence-electron chi connectivity index (χ2n) is 2.90. The van der Waals surface area contributed by atoms with Gasteiger partial charge in [-0.2, -0.15) is 5.26 Å². The first-order chi connectivity index (χ1) is 6.72. The summed E-state index contributed by atoms with van der Waals surface area (Å²) in [5.41, 5.74) is 1.34.